The van der Waals surface area contributed by atoms with Crippen LogP contribution in [0, 0.1) is 11.3 Å². The van der Waals surface area contributed by atoms with Gasteiger partial charge in [-0.2, -0.15) is 5.26 Å². The Balaban J connectivity index is 1.98. The van der Waals surface area contributed by atoms with Gasteiger partial charge in [-0.05, 0) is 36.8 Å². The summed E-state index contributed by atoms with van der Waals surface area (Å²) in [4.78, 5) is 12.2. The van der Waals surface area contributed by atoms with Gasteiger partial charge in [0.25, 0.3) is 5.91 Å². The Bertz CT molecular complexity index is 705. The average Bonchev–Trinajstić information content (AvgIpc) is 2.57. The summed E-state index contributed by atoms with van der Waals surface area (Å²) in [5.74, 6) is 0.832. The van der Waals surface area contributed by atoms with Crippen molar-refractivity contribution >= 4 is 11.6 Å². The number of nitriles is 1. The number of nitrogens with zero attached hydrogens (tertiary/aromatic N) is 1. The highest BCUT2D eigenvalue weighted by atomic mass is 16.5. The maximum Gasteiger partial charge on any atom is 0.265 e. The van der Waals surface area contributed by atoms with Crippen molar-refractivity contribution in [3.8, 4) is 17.6 Å². The number of rotatable bonds is 6. The predicted molar refractivity (Wildman–Crippen MR) is 87.5 cm³/mol. The van der Waals surface area contributed by atoms with Gasteiger partial charge in [0, 0.05) is 5.69 Å². The Hall–Kier alpha value is -3.00. The van der Waals surface area contributed by atoms with Crippen LogP contribution in [0.1, 0.15) is 12.5 Å². The predicted octanol–water partition coefficient (Wildman–Crippen LogP) is 3.17. The molecule has 0 bridgehead atoms. The van der Waals surface area contributed by atoms with Crippen LogP contribution < -0.4 is 14.8 Å². The topological polar surface area (TPSA) is 71.3 Å². The minimum atomic E-state index is -0.676. The van der Waals surface area contributed by atoms with Crippen LogP contribution in [0.5, 0.6) is 11.5 Å². The van der Waals surface area contributed by atoms with E-state index in [1.807, 2.05) is 24.3 Å². The number of amides is 1. The quantitative estimate of drug-likeness (QED) is 0.889. The molecule has 0 saturated carbocycles. The summed E-state index contributed by atoms with van der Waals surface area (Å²) in [7, 11) is 1.55. The summed E-state index contributed by atoms with van der Waals surface area (Å²) < 4.78 is 10.8. The highest BCUT2D eigenvalue weighted by Crippen LogP contribution is 2.27. The van der Waals surface area contributed by atoms with Crippen LogP contribution in [-0.2, 0) is 11.2 Å². The van der Waals surface area contributed by atoms with Crippen LogP contribution in [0.2, 0.25) is 0 Å². The molecule has 0 fully saturated rings. The molecule has 1 atom stereocenters. The molecule has 5 heteroatoms. The second-order valence-corrected chi connectivity index (χ2v) is 4.93. The summed E-state index contributed by atoms with van der Waals surface area (Å²) in [5, 5.41) is 11.4. The molecule has 0 unspecified atom stereocenters. The number of carbonyl (C=O) groups excluding carboxylic acids is 1. The maximum atomic E-state index is 12.2. The van der Waals surface area contributed by atoms with Crippen molar-refractivity contribution in [3.05, 3.63) is 54.1 Å². The second-order valence-electron chi connectivity index (χ2n) is 4.93. The van der Waals surface area contributed by atoms with Crippen molar-refractivity contribution < 1.29 is 14.3 Å². The van der Waals surface area contributed by atoms with Crippen molar-refractivity contribution in [2.75, 3.05) is 12.4 Å². The molecule has 0 heterocycles. The van der Waals surface area contributed by atoms with E-state index in [2.05, 4.69) is 11.4 Å². The van der Waals surface area contributed by atoms with Crippen LogP contribution in [0.25, 0.3) is 0 Å². The lowest BCUT2D eigenvalue weighted by atomic mass is 10.1. The van der Waals surface area contributed by atoms with Crippen LogP contribution in [0.3, 0.4) is 0 Å². The van der Waals surface area contributed by atoms with E-state index in [1.54, 1.807) is 38.3 Å². The molecule has 0 aliphatic heterocycles. The molecule has 0 aromatic heterocycles. The highest BCUT2D eigenvalue weighted by Gasteiger charge is 2.16. The largest absolute Gasteiger partial charge is 0.493 e. The molecule has 2 aromatic rings. The zero-order valence-corrected chi connectivity index (χ0v) is 13.1. The fourth-order valence-electron chi connectivity index (χ4n) is 2.00. The average molecular weight is 310 g/mol. The number of hydrogen-bond acceptors (Lipinski definition) is 4. The zero-order valence-electron chi connectivity index (χ0n) is 13.1. The summed E-state index contributed by atoms with van der Waals surface area (Å²) in [6.07, 6.45) is -0.327. The Morgan fingerprint density at radius 3 is 2.43 bits per heavy atom. The number of anilines is 1. The summed E-state index contributed by atoms with van der Waals surface area (Å²) in [6, 6.07) is 16.4. The molecule has 0 aliphatic rings. The Morgan fingerprint density at radius 1 is 1.17 bits per heavy atom. The van der Waals surface area contributed by atoms with Gasteiger partial charge < -0.3 is 14.8 Å². The molecule has 2 aromatic carbocycles. The van der Waals surface area contributed by atoms with E-state index in [1.165, 1.54) is 0 Å². The number of ether oxygens (including phenoxy) is 2. The lowest BCUT2D eigenvalue weighted by Gasteiger charge is -2.16. The molecule has 0 aliphatic carbocycles. The summed E-state index contributed by atoms with van der Waals surface area (Å²) in [5.41, 5.74) is 1.57. The smallest absolute Gasteiger partial charge is 0.265 e. The van der Waals surface area contributed by atoms with Gasteiger partial charge in [-0.1, -0.05) is 24.3 Å². The molecule has 5 nitrogen and oxygen atoms in total. The van der Waals surface area contributed by atoms with Gasteiger partial charge in [0.15, 0.2) is 17.6 Å². The van der Waals surface area contributed by atoms with Gasteiger partial charge in [-0.15, -0.1) is 0 Å². The van der Waals surface area contributed by atoms with Crippen LogP contribution in [0.4, 0.5) is 5.69 Å². The number of carbonyl (C=O) groups is 1. The first-order chi connectivity index (χ1) is 11.1. The Morgan fingerprint density at radius 2 is 1.83 bits per heavy atom. The van der Waals surface area contributed by atoms with Crippen molar-refractivity contribution in [1.29, 1.82) is 5.26 Å². The lowest BCUT2D eigenvalue weighted by molar-refractivity contribution is -0.122. The van der Waals surface area contributed by atoms with E-state index in [-0.39, 0.29) is 5.91 Å². The molecule has 0 saturated heterocycles. The first-order valence-electron chi connectivity index (χ1n) is 7.20. The minimum Gasteiger partial charge on any atom is -0.493 e. The molecular formula is C18H18N2O3. The molecule has 0 spiro atoms. The van der Waals surface area contributed by atoms with E-state index >= 15 is 0 Å². The van der Waals surface area contributed by atoms with E-state index in [4.69, 9.17) is 14.7 Å². The van der Waals surface area contributed by atoms with Gasteiger partial charge >= 0.3 is 0 Å². The maximum absolute atomic E-state index is 12.2. The van der Waals surface area contributed by atoms with Crippen molar-refractivity contribution in [2.45, 2.75) is 19.4 Å². The van der Waals surface area contributed by atoms with Crippen molar-refractivity contribution in [2.24, 2.45) is 0 Å². The van der Waals surface area contributed by atoms with Crippen LogP contribution in [-0.4, -0.2) is 19.1 Å². The lowest BCUT2D eigenvalue weighted by Crippen LogP contribution is -2.30. The number of methoxy groups -OCH3 is 1. The van der Waals surface area contributed by atoms with E-state index in [0.29, 0.717) is 23.6 Å². The third-order valence-corrected chi connectivity index (χ3v) is 3.25. The van der Waals surface area contributed by atoms with Gasteiger partial charge in [-0.25, -0.2) is 0 Å². The van der Waals surface area contributed by atoms with E-state index < -0.39 is 6.10 Å². The normalized spacial score (nSPS) is 11.2. The fourth-order valence-corrected chi connectivity index (χ4v) is 2.00. The van der Waals surface area contributed by atoms with Gasteiger partial charge in [0.2, 0.25) is 0 Å². The second kappa shape index (κ2) is 7.85. The van der Waals surface area contributed by atoms with Crippen molar-refractivity contribution in [3.63, 3.8) is 0 Å². The van der Waals surface area contributed by atoms with Crippen LogP contribution >= 0.6 is 0 Å². The molecule has 2 rings (SSSR count). The number of benzene rings is 2. The number of hydrogen-bond donors (Lipinski definition) is 1. The molecule has 1 amide bonds. The third-order valence-electron chi connectivity index (χ3n) is 3.25. The van der Waals surface area contributed by atoms with Crippen LogP contribution in [0.15, 0.2) is 48.5 Å². The standard InChI is InChI=1S/C18H18N2O3/c1-13(23-17-6-4-3-5-16(17)22-2)18(21)20-15-9-7-14(8-10-15)11-12-19/h3-10,13H,11H2,1-2H3,(H,20,21)/t13-/m0/s1. The van der Waals surface area contributed by atoms with E-state index in [9.17, 15) is 4.79 Å². The first-order valence-corrected chi connectivity index (χ1v) is 7.20. The summed E-state index contributed by atoms with van der Waals surface area (Å²) in [6.45, 7) is 1.67. The van der Waals surface area contributed by atoms with Gasteiger partial charge in [0.05, 0.1) is 19.6 Å². The monoisotopic (exact) mass is 310 g/mol. The molecule has 0 radical (unpaired) electrons. The molecule has 118 valence electrons. The van der Waals surface area contributed by atoms with Gasteiger partial charge in [-0.3, -0.25) is 4.79 Å². The highest BCUT2D eigenvalue weighted by molar-refractivity contribution is 5.94. The Labute approximate surface area is 135 Å². The molecule has 1 N–H and O–H groups in total. The SMILES string of the molecule is COc1ccccc1O[C@@H](C)C(=O)Nc1ccc(CC#N)cc1. The third kappa shape index (κ3) is 4.48. The molecular weight excluding hydrogens is 292 g/mol. The first kappa shape index (κ1) is 16.4. The summed E-state index contributed by atoms with van der Waals surface area (Å²) >= 11 is 0. The minimum absolute atomic E-state index is 0.260. The van der Waals surface area contributed by atoms with Crippen molar-refractivity contribution in [1.82, 2.24) is 0 Å². The molecule has 23 heavy (non-hydrogen) atoms. The van der Waals surface area contributed by atoms with E-state index in [0.717, 1.165) is 5.56 Å². The zero-order chi connectivity index (χ0) is 16.7. The number of para-hydroxylation sites is 2. The Kier molecular flexibility index (Phi) is 5.59. The fraction of sp³-hybridized carbons (Fsp3) is 0.222. The number of nitrogens with one attached hydrogen (secondary N) is 1. The van der Waals surface area contributed by atoms with Gasteiger partial charge in [0.1, 0.15) is 0 Å².